The molecule has 2 aromatic heterocycles. The molecule has 0 amide bonds. The highest BCUT2D eigenvalue weighted by atomic mass is 32.2. The first kappa shape index (κ1) is 19.5. The number of carbonyl (C=O) groups is 1. The fourth-order valence-electron chi connectivity index (χ4n) is 3.05. The first-order chi connectivity index (χ1) is 12.5. The lowest BCUT2D eigenvalue weighted by molar-refractivity contribution is 0.0602. The lowest BCUT2D eigenvalue weighted by Gasteiger charge is -2.31. The van der Waals surface area contributed by atoms with E-state index < -0.39 is 16.0 Å². The van der Waals surface area contributed by atoms with Crippen molar-refractivity contribution in [1.29, 1.82) is 0 Å². The fourth-order valence-corrected chi connectivity index (χ4v) is 6.15. The minimum atomic E-state index is -3.71. The second kappa shape index (κ2) is 8.62. The molecule has 142 valence electrons. The first-order valence-electron chi connectivity index (χ1n) is 8.38. The molecule has 0 radical (unpaired) electrons. The van der Waals surface area contributed by atoms with Gasteiger partial charge < -0.3 is 4.74 Å². The van der Waals surface area contributed by atoms with Gasteiger partial charge in [-0.3, -0.25) is 4.90 Å². The SMILES string of the molecule is COC(=O)c1sccc1S(=O)(=O)NCC1CCN(Cc2ccsc2)CC1. The van der Waals surface area contributed by atoms with Crippen molar-refractivity contribution in [2.75, 3.05) is 26.7 Å². The summed E-state index contributed by atoms with van der Waals surface area (Å²) < 4.78 is 32.4. The van der Waals surface area contributed by atoms with Crippen molar-refractivity contribution in [3.05, 3.63) is 38.7 Å². The van der Waals surface area contributed by atoms with E-state index in [-0.39, 0.29) is 9.77 Å². The van der Waals surface area contributed by atoms with E-state index in [0.717, 1.165) is 43.8 Å². The summed E-state index contributed by atoms with van der Waals surface area (Å²) in [6, 6.07) is 3.59. The molecule has 0 spiro atoms. The number of likely N-dealkylation sites (tertiary alicyclic amines) is 1. The van der Waals surface area contributed by atoms with Crippen LogP contribution in [-0.4, -0.2) is 46.0 Å². The molecule has 1 aliphatic heterocycles. The Morgan fingerprint density at radius 2 is 2.08 bits per heavy atom. The lowest BCUT2D eigenvalue weighted by Crippen LogP contribution is -2.38. The Hall–Kier alpha value is -1.26. The predicted octanol–water partition coefficient (Wildman–Crippen LogP) is 2.79. The molecule has 1 saturated heterocycles. The molecule has 0 aromatic carbocycles. The molecule has 3 heterocycles. The number of ether oxygens (including phenoxy) is 1. The molecule has 6 nitrogen and oxygen atoms in total. The predicted molar refractivity (Wildman–Crippen MR) is 103 cm³/mol. The number of piperidine rings is 1. The molecule has 26 heavy (non-hydrogen) atoms. The standard InChI is InChI=1S/C17H22N2O4S3/c1-23-17(20)16-15(5-9-25-16)26(21,22)18-10-13-2-6-19(7-3-13)11-14-4-8-24-12-14/h4-5,8-9,12-13,18H,2-3,6-7,10-11H2,1H3. The lowest BCUT2D eigenvalue weighted by atomic mass is 9.97. The molecule has 0 aliphatic carbocycles. The molecule has 9 heteroatoms. The van der Waals surface area contributed by atoms with Crippen LogP contribution in [0.5, 0.6) is 0 Å². The van der Waals surface area contributed by atoms with Crippen LogP contribution >= 0.6 is 22.7 Å². The van der Waals surface area contributed by atoms with Crippen molar-refractivity contribution in [3.63, 3.8) is 0 Å². The maximum absolute atomic E-state index is 12.5. The zero-order valence-corrected chi connectivity index (χ0v) is 17.0. The number of nitrogens with zero attached hydrogens (tertiary/aromatic N) is 1. The van der Waals surface area contributed by atoms with E-state index in [2.05, 4.69) is 31.2 Å². The minimum absolute atomic E-state index is 0.00393. The van der Waals surface area contributed by atoms with Crippen LogP contribution in [0.25, 0.3) is 0 Å². The summed E-state index contributed by atoms with van der Waals surface area (Å²) in [5.74, 6) is -0.314. The van der Waals surface area contributed by atoms with Crippen LogP contribution < -0.4 is 4.72 Å². The van der Waals surface area contributed by atoms with Crippen molar-refractivity contribution in [3.8, 4) is 0 Å². The van der Waals surface area contributed by atoms with Crippen molar-refractivity contribution < 1.29 is 17.9 Å². The maximum atomic E-state index is 12.5. The Bertz CT molecular complexity index is 822. The molecular weight excluding hydrogens is 392 g/mol. The maximum Gasteiger partial charge on any atom is 0.349 e. The molecule has 1 aliphatic rings. The van der Waals surface area contributed by atoms with Gasteiger partial charge in [0.2, 0.25) is 10.0 Å². The highest BCUT2D eigenvalue weighted by Gasteiger charge is 2.26. The second-order valence-corrected chi connectivity index (χ2v) is 9.74. The third-order valence-electron chi connectivity index (χ3n) is 4.54. The third-order valence-corrected chi connectivity index (χ3v) is 7.77. The molecule has 0 bridgehead atoms. The van der Waals surface area contributed by atoms with Crippen molar-refractivity contribution in [2.24, 2.45) is 5.92 Å². The normalized spacial score (nSPS) is 16.7. The van der Waals surface area contributed by atoms with Crippen LogP contribution in [0.2, 0.25) is 0 Å². The summed E-state index contributed by atoms with van der Waals surface area (Å²) in [6.45, 7) is 3.28. The molecule has 1 fully saturated rings. The molecular formula is C17H22N2O4S3. The highest BCUT2D eigenvalue weighted by Crippen LogP contribution is 2.24. The molecule has 3 rings (SSSR count). The average molecular weight is 415 g/mol. The minimum Gasteiger partial charge on any atom is -0.465 e. The summed E-state index contributed by atoms with van der Waals surface area (Å²) in [5.41, 5.74) is 1.34. The van der Waals surface area contributed by atoms with Gasteiger partial charge in [-0.05, 0) is 65.7 Å². The number of methoxy groups -OCH3 is 1. The Balaban J connectivity index is 1.51. The summed E-state index contributed by atoms with van der Waals surface area (Å²) in [5, 5.41) is 5.84. The van der Waals surface area contributed by atoms with Crippen molar-refractivity contribution in [1.82, 2.24) is 9.62 Å². The van der Waals surface area contributed by atoms with Gasteiger partial charge in [-0.1, -0.05) is 0 Å². The number of sulfonamides is 1. The van der Waals surface area contributed by atoms with E-state index in [1.807, 2.05) is 0 Å². The zero-order chi connectivity index (χ0) is 18.6. The first-order valence-corrected chi connectivity index (χ1v) is 11.7. The van der Waals surface area contributed by atoms with Gasteiger partial charge in [0.25, 0.3) is 0 Å². The van der Waals surface area contributed by atoms with Crippen LogP contribution in [0.1, 0.15) is 28.1 Å². The zero-order valence-electron chi connectivity index (χ0n) is 14.5. The van der Waals surface area contributed by atoms with E-state index >= 15 is 0 Å². The van der Waals surface area contributed by atoms with E-state index in [4.69, 9.17) is 0 Å². The topological polar surface area (TPSA) is 75.7 Å². The number of thiophene rings is 2. The van der Waals surface area contributed by atoms with Gasteiger partial charge in [0, 0.05) is 13.1 Å². The van der Waals surface area contributed by atoms with Crippen LogP contribution in [0, 0.1) is 5.92 Å². The second-order valence-electron chi connectivity index (χ2n) is 6.31. The van der Waals surface area contributed by atoms with Gasteiger partial charge in [-0.15, -0.1) is 11.3 Å². The number of rotatable bonds is 7. The molecule has 2 aromatic rings. The summed E-state index contributed by atoms with van der Waals surface area (Å²) in [4.78, 5) is 14.2. The summed E-state index contributed by atoms with van der Waals surface area (Å²) in [7, 11) is -2.46. The third kappa shape index (κ3) is 4.72. The van der Waals surface area contributed by atoms with Gasteiger partial charge in [0.1, 0.15) is 9.77 Å². The number of nitrogens with one attached hydrogen (secondary N) is 1. The largest absolute Gasteiger partial charge is 0.465 e. The van der Waals surface area contributed by atoms with Gasteiger partial charge >= 0.3 is 5.97 Å². The van der Waals surface area contributed by atoms with Gasteiger partial charge in [0.05, 0.1) is 7.11 Å². The number of esters is 1. The molecule has 0 unspecified atom stereocenters. The quantitative estimate of drug-likeness (QED) is 0.705. The molecule has 0 saturated carbocycles. The van der Waals surface area contributed by atoms with E-state index in [1.165, 1.54) is 18.7 Å². The Kier molecular flexibility index (Phi) is 6.46. The van der Waals surface area contributed by atoms with Crippen molar-refractivity contribution in [2.45, 2.75) is 24.3 Å². The number of hydrogen-bond donors (Lipinski definition) is 1. The van der Waals surface area contributed by atoms with E-state index in [0.29, 0.717) is 12.5 Å². The van der Waals surface area contributed by atoms with Crippen LogP contribution in [0.15, 0.2) is 33.2 Å². The van der Waals surface area contributed by atoms with Gasteiger partial charge in [-0.25, -0.2) is 17.9 Å². The van der Waals surface area contributed by atoms with Crippen LogP contribution in [0.4, 0.5) is 0 Å². The number of hydrogen-bond acceptors (Lipinski definition) is 7. The Morgan fingerprint density at radius 1 is 1.31 bits per heavy atom. The highest BCUT2D eigenvalue weighted by molar-refractivity contribution is 7.89. The Labute approximate surface area is 161 Å². The van der Waals surface area contributed by atoms with Crippen molar-refractivity contribution >= 4 is 38.7 Å². The van der Waals surface area contributed by atoms with Gasteiger partial charge in [-0.2, -0.15) is 11.3 Å². The van der Waals surface area contributed by atoms with Gasteiger partial charge in [0.15, 0.2) is 0 Å². The van der Waals surface area contributed by atoms with Crippen LogP contribution in [0.3, 0.4) is 0 Å². The van der Waals surface area contributed by atoms with E-state index in [9.17, 15) is 13.2 Å². The summed E-state index contributed by atoms with van der Waals surface area (Å²) in [6.07, 6.45) is 1.92. The fraction of sp³-hybridized carbons (Fsp3) is 0.471. The Morgan fingerprint density at radius 3 is 2.73 bits per heavy atom. The summed E-state index contributed by atoms with van der Waals surface area (Å²) >= 11 is 2.78. The van der Waals surface area contributed by atoms with Crippen LogP contribution in [-0.2, 0) is 21.3 Å². The molecule has 1 N–H and O–H groups in total. The smallest absolute Gasteiger partial charge is 0.349 e. The monoisotopic (exact) mass is 414 g/mol. The molecule has 0 atom stereocenters. The van der Waals surface area contributed by atoms with E-state index in [1.54, 1.807) is 16.7 Å². The number of carbonyl (C=O) groups excluding carboxylic acids is 1. The average Bonchev–Trinajstić information content (AvgIpc) is 3.32.